The van der Waals surface area contributed by atoms with Crippen LogP contribution >= 0.6 is 23.5 Å². The van der Waals surface area contributed by atoms with E-state index in [1.54, 1.807) is 18.6 Å². The number of ether oxygens (including phenoxy) is 1. The van der Waals surface area contributed by atoms with Crippen LogP contribution in [-0.4, -0.2) is 27.3 Å². The fourth-order valence-corrected chi connectivity index (χ4v) is 4.78. The molecule has 10 heteroatoms. The van der Waals surface area contributed by atoms with Crippen molar-refractivity contribution >= 4 is 33.4 Å². The van der Waals surface area contributed by atoms with Crippen molar-refractivity contribution < 1.29 is 26.3 Å². The lowest BCUT2D eigenvalue weighted by atomic mass is 10.3. The zero-order chi connectivity index (χ0) is 17.0. The standard InChI is InChI=1S/C12H10F3NO3S3/c1-20-11(21-2)10(7-16)22(17,18)9-5-3-8(4-6-9)19-12(13,14)15/h3-6H,1-2H3. The Kier molecular flexibility index (Phi) is 6.22. The molecular weight excluding hydrogens is 359 g/mol. The average molecular weight is 369 g/mol. The number of alkyl halides is 3. The molecule has 0 saturated heterocycles. The van der Waals surface area contributed by atoms with Gasteiger partial charge in [-0.15, -0.1) is 36.7 Å². The monoisotopic (exact) mass is 369 g/mol. The first-order valence-corrected chi connectivity index (χ1v) is 9.42. The molecule has 1 rings (SSSR count). The highest BCUT2D eigenvalue weighted by atomic mass is 32.2. The summed E-state index contributed by atoms with van der Waals surface area (Å²) in [7, 11) is -4.09. The second-order valence-electron chi connectivity index (χ2n) is 3.66. The Labute approximate surface area is 134 Å². The molecule has 0 saturated carbocycles. The average Bonchev–Trinajstić information content (AvgIpc) is 2.43. The Morgan fingerprint density at radius 3 is 2.05 bits per heavy atom. The van der Waals surface area contributed by atoms with Crippen LogP contribution in [-0.2, 0) is 9.84 Å². The fraction of sp³-hybridized carbons (Fsp3) is 0.250. The molecule has 0 aromatic heterocycles. The van der Waals surface area contributed by atoms with E-state index in [4.69, 9.17) is 5.26 Å². The van der Waals surface area contributed by atoms with E-state index < -0.39 is 26.9 Å². The second-order valence-corrected chi connectivity index (χ2v) is 7.44. The zero-order valence-corrected chi connectivity index (χ0v) is 13.8. The maximum absolute atomic E-state index is 12.3. The number of allylic oxidation sites excluding steroid dienone is 1. The lowest BCUT2D eigenvalue weighted by Crippen LogP contribution is -2.17. The number of hydrogen-bond donors (Lipinski definition) is 0. The summed E-state index contributed by atoms with van der Waals surface area (Å²) in [5, 5.41) is 9.08. The molecule has 1 aromatic carbocycles. The lowest BCUT2D eigenvalue weighted by molar-refractivity contribution is -0.274. The van der Waals surface area contributed by atoms with Crippen molar-refractivity contribution in [3.8, 4) is 11.8 Å². The smallest absolute Gasteiger partial charge is 0.406 e. The molecule has 1 aromatic rings. The summed E-state index contributed by atoms with van der Waals surface area (Å²) < 4.78 is 64.8. The SMILES string of the molecule is CSC(SC)=C(C#N)S(=O)(=O)c1ccc(OC(F)(F)F)cc1. The zero-order valence-electron chi connectivity index (χ0n) is 11.3. The molecule has 0 heterocycles. The van der Waals surface area contributed by atoms with E-state index >= 15 is 0 Å². The predicted molar refractivity (Wildman–Crippen MR) is 80.0 cm³/mol. The van der Waals surface area contributed by atoms with Gasteiger partial charge in [-0.25, -0.2) is 8.42 Å². The van der Waals surface area contributed by atoms with Gasteiger partial charge in [0.1, 0.15) is 11.8 Å². The summed E-state index contributed by atoms with van der Waals surface area (Å²) in [6, 6.07) is 5.33. The van der Waals surface area contributed by atoms with Crippen LogP contribution in [0, 0.1) is 11.3 Å². The maximum Gasteiger partial charge on any atom is 0.573 e. The first-order valence-electron chi connectivity index (χ1n) is 5.49. The van der Waals surface area contributed by atoms with Crippen molar-refractivity contribution in [2.45, 2.75) is 11.3 Å². The highest BCUT2D eigenvalue weighted by molar-refractivity contribution is 8.22. The number of hydrogen-bond acceptors (Lipinski definition) is 6. The lowest BCUT2D eigenvalue weighted by Gasteiger charge is -2.10. The summed E-state index contributed by atoms with van der Waals surface area (Å²) in [4.78, 5) is -0.712. The van der Waals surface area contributed by atoms with Crippen molar-refractivity contribution in [1.82, 2.24) is 0 Å². The first-order chi connectivity index (χ1) is 10.2. The van der Waals surface area contributed by atoms with Crippen molar-refractivity contribution in [2.24, 2.45) is 0 Å². The van der Waals surface area contributed by atoms with Crippen molar-refractivity contribution in [2.75, 3.05) is 12.5 Å². The van der Waals surface area contributed by atoms with Crippen LogP contribution in [0.1, 0.15) is 0 Å². The molecule has 0 radical (unpaired) electrons. The molecule has 0 atom stereocenters. The van der Waals surface area contributed by atoms with Gasteiger partial charge in [0.25, 0.3) is 0 Å². The van der Waals surface area contributed by atoms with Gasteiger partial charge in [0.15, 0.2) is 4.91 Å². The molecular formula is C12H10F3NO3S3. The number of halogens is 3. The molecule has 0 spiro atoms. The number of nitriles is 1. The van der Waals surface area contributed by atoms with Gasteiger partial charge in [-0.1, -0.05) is 0 Å². The van der Waals surface area contributed by atoms with Crippen molar-refractivity contribution in [3.05, 3.63) is 33.4 Å². The van der Waals surface area contributed by atoms with E-state index in [2.05, 4.69) is 4.74 Å². The van der Waals surface area contributed by atoms with Crippen LogP contribution in [0.5, 0.6) is 5.75 Å². The summed E-state index contributed by atoms with van der Waals surface area (Å²) in [6.07, 6.45) is -1.61. The fourth-order valence-electron chi connectivity index (χ4n) is 1.42. The highest BCUT2D eigenvalue weighted by Crippen LogP contribution is 2.33. The molecule has 4 nitrogen and oxygen atoms in total. The molecule has 0 aliphatic heterocycles. The van der Waals surface area contributed by atoms with E-state index in [0.717, 1.165) is 47.8 Å². The van der Waals surface area contributed by atoms with Crippen molar-refractivity contribution in [1.29, 1.82) is 5.26 Å². The summed E-state index contributed by atoms with van der Waals surface area (Å²) in [5.41, 5.74) is 0. The number of thioether (sulfide) groups is 2. The van der Waals surface area contributed by atoms with E-state index in [0.29, 0.717) is 4.24 Å². The predicted octanol–water partition coefficient (Wildman–Crippen LogP) is 3.78. The Balaban J connectivity index is 3.25. The quantitative estimate of drug-likeness (QED) is 0.736. The van der Waals surface area contributed by atoms with Gasteiger partial charge >= 0.3 is 6.36 Å². The maximum atomic E-state index is 12.3. The topological polar surface area (TPSA) is 67.2 Å². The molecule has 22 heavy (non-hydrogen) atoms. The van der Waals surface area contributed by atoms with Crippen LogP contribution < -0.4 is 4.74 Å². The van der Waals surface area contributed by atoms with E-state index in [-0.39, 0.29) is 4.90 Å². The van der Waals surface area contributed by atoms with Crippen LogP contribution in [0.3, 0.4) is 0 Å². The Morgan fingerprint density at radius 1 is 1.18 bits per heavy atom. The van der Waals surface area contributed by atoms with Gasteiger partial charge in [-0.2, -0.15) is 5.26 Å². The molecule has 0 aliphatic carbocycles. The molecule has 120 valence electrons. The largest absolute Gasteiger partial charge is 0.573 e. The van der Waals surface area contributed by atoms with Crippen LogP contribution in [0.15, 0.2) is 38.3 Å². The van der Waals surface area contributed by atoms with Gasteiger partial charge in [0, 0.05) is 0 Å². The molecule has 0 bridgehead atoms. The van der Waals surface area contributed by atoms with E-state index in [1.165, 1.54) is 0 Å². The Bertz CT molecular complexity index is 698. The van der Waals surface area contributed by atoms with Gasteiger partial charge in [0.2, 0.25) is 9.84 Å². The highest BCUT2D eigenvalue weighted by Gasteiger charge is 2.31. The van der Waals surface area contributed by atoms with Gasteiger partial charge in [-0.3, -0.25) is 0 Å². The third-order valence-corrected chi connectivity index (χ3v) is 6.43. The molecule has 0 unspecified atom stereocenters. The van der Waals surface area contributed by atoms with Crippen LogP contribution in [0.25, 0.3) is 0 Å². The molecule has 0 amide bonds. The van der Waals surface area contributed by atoms with Gasteiger partial charge in [0.05, 0.1) is 9.13 Å². The summed E-state index contributed by atoms with van der Waals surface area (Å²) >= 11 is 2.21. The minimum absolute atomic E-state index is 0.279. The normalized spacial score (nSPS) is 11.6. The molecule has 0 aliphatic rings. The third-order valence-electron chi connectivity index (χ3n) is 2.29. The van der Waals surface area contributed by atoms with E-state index in [1.807, 2.05) is 0 Å². The molecule has 0 fully saturated rings. The number of sulfone groups is 1. The third kappa shape index (κ3) is 4.59. The Morgan fingerprint density at radius 2 is 1.68 bits per heavy atom. The van der Waals surface area contributed by atoms with Gasteiger partial charge in [-0.05, 0) is 36.8 Å². The van der Waals surface area contributed by atoms with Crippen LogP contribution in [0.2, 0.25) is 0 Å². The molecule has 0 N–H and O–H groups in total. The minimum atomic E-state index is -4.86. The van der Waals surface area contributed by atoms with Crippen LogP contribution in [0.4, 0.5) is 13.2 Å². The minimum Gasteiger partial charge on any atom is -0.406 e. The Hall–Kier alpha value is -1.31. The van der Waals surface area contributed by atoms with E-state index in [9.17, 15) is 21.6 Å². The van der Waals surface area contributed by atoms with Gasteiger partial charge < -0.3 is 4.74 Å². The number of nitrogens with zero attached hydrogens (tertiary/aromatic N) is 1. The number of benzene rings is 1. The van der Waals surface area contributed by atoms with Crippen molar-refractivity contribution in [3.63, 3.8) is 0 Å². The number of rotatable bonds is 5. The first kappa shape index (κ1) is 18.7. The summed E-state index contributed by atoms with van der Waals surface area (Å²) in [6.45, 7) is 0. The second kappa shape index (κ2) is 7.30. The summed E-state index contributed by atoms with van der Waals surface area (Å²) in [5.74, 6) is -0.538.